The number of nitriles is 1. The molecule has 3 aromatic rings. The summed E-state index contributed by atoms with van der Waals surface area (Å²) in [6.45, 7) is 1.71. The summed E-state index contributed by atoms with van der Waals surface area (Å²) in [6, 6.07) is 11.7. The minimum atomic E-state index is -0.493. The first-order valence-electron chi connectivity index (χ1n) is 9.23. The largest absolute Gasteiger partial charge is 0.493 e. The Kier molecular flexibility index (Phi) is 6.90. The molecular weight excluding hydrogens is 422 g/mol. The van der Waals surface area contributed by atoms with Gasteiger partial charge in [0.1, 0.15) is 6.07 Å². The van der Waals surface area contributed by atoms with Gasteiger partial charge in [-0.15, -0.1) is 0 Å². The molecule has 0 aliphatic carbocycles. The van der Waals surface area contributed by atoms with Crippen molar-refractivity contribution >= 4 is 40.1 Å². The minimum absolute atomic E-state index is 0.129. The number of methoxy groups -OCH3 is 1. The van der Waals surface area contributed by atoms with Crippen molar-refractivity contribution < 1.29 is 19.0 Å². The number of H-pyrrole nitrogens is 1. The standard InChI is InChI=1S/C22H18ClN3O5/c1-3-30-20(27)12-31-18-7-4-13(9-19(18)29-2)8-14(11-24)21-25-17-6-5-15(23)10-16(17)22(28)26-21/h4-10H,3,12H2,1-2H3,(H,25,26,28)/b14-8+. The van der Waals surface area contributed by atoms with Gasteiger partial charge < -0.3 is 19.2 Å². The summed E-state index contributed by atoms with van der Waals surface area (Å²) in [5, 5.41) is 10.4. The first-order chi connectivity index (χ1) is 14.9. The molecule has 0 saturated heterocycles. The minimum Gasteiger partial charge on any atom is -0.493 e. The van der Waals surface area contributed by atoms with E-state index in [2.05, 4.69) is 9.97 Å². The van der Waals surface area contributed by atoms with Gasteiger partial charge in [-0.1, -0.05) is 17.7 Å². The second kappa shape index (κ2) is 9.78. The maximum Gasteiger partial charge on any atom is 0.344 e. The maximum absolute atomic E-state index is 12.4. The van der Waals surface area contributed by atoms with Crippen LogP contribution < -0.4 is 15.0 Å². The second-order valence-electron chi connectivity index (χ2n) is 6.25. The molecule has 31 heavy (non-hydrogen) atoms. The van der Waals surface area contributed by atoms with E-state index in [-0.39, 0.29) is 24.6 Å². The van der Waals surface area contributed by atoms with Crippen LogP contribution in [0.2, 0.25) is 5.02 Å². The van der Waals surface area contributed by atoms with Gasteiger partial charge in [0.25, 0.3) is 5.56 Å². The van der Waals surface area contributed by atoms with Crippen molar-refractivity contribution in [2.75, 3.05) is 20.3 Å². The van der Waals surface area contributed by atoms with Gasteiger partial charge in [0.2, 0.25) is 0 Å². The van der Waals surface area contributed by atoms with Crippen molar-refractivity contribution in [2.45, 2.75) is 6.92 Å². The van der Waals surface area contributed by atoms with E-state index in [0.717, 1.165) is 0 Å². The van der Waals surface area contributed by atoms with Crippen molar-refractivity contribution in [2.24, 2.45) is 0 Å². The van der Waals surface area contributed by atoms with Gasteiger partial charge in [-0.25, -0.2) is 9.78 Å². The van der Waals surface area contributed by atoms with E-state index in [9.17, 15) is 14.9 Å². The highest BCUT2D eigenvalue weighted by atomic mass is 35.5. The smallest absolute Gasteiger partial charge is 0.344 e. The summed E-state index contributed by atoms with van der Waals surface area (Å²) >= 11 is 5.93. The van der Waals surface area contributed by atoms with Crippen molar-refractivity contribution in [1.29, 1.82) is 5.26 Å². The monoisotopic (exact) mass is 439 g/mol. The molecule has 1 N–H and O–H groups in total. The second-order valence-corrected chi connectivity index (χ2v) is 6.69. The number of nitrogens with zero attached hydrogens (tertiary/aromatic N) is 2. The van der Waals surface area contributed by atoms with Crippen LogP contribution in [0.15, 0.2) is 41.2 Å². The molecule has 0 unspecified atom stereocenters. The summed E-state index contributed by atoms with van der Waals surface area (Å²) < 4.78 is 15.6. The number of esters is 1. The topological polar surface area (TPSA) is 114 Å². The number of benzene rings is 2. The molecule has 0 spiro atoms. The number of carbonyl (C=O) groups is 1. The Morgan fingerprint density at radius 1 is 1.26 bits per heavy atom. The van der Waals surface area contributed by atoms with Crippen molar-refractivity contribution in [3.05, 3.63) is 63.2 Å². The molecule has 1 heterocycles. The lowest BCUT2D eigenvalue weighted by molar-refractivity contribution is -0.145. The summed E-state index contributed by atoms with van der Waals surface area (Å²) in [6.07, 6.45) is 1.55. The van der Waals surface area contributed by atoms with E-state index in [1.165, 1.54) is 13.2 Å². The molecule has 8 nitrogen and oxygen atoms in total. The van der Waals surface area contributed by atoms with Gasteiger partial charge in [-0.2, -0.15) is 5.26 Å². The molecule has 0 fully saturated rings. The fourth-order valence-corrected chi connectivity index (χ4v) is 2.96. The normalized spacial score (nSPS) is 11.1. The molecule has 3 rings (SSSR count). The lowest BCUT2D eigenvalue weighted by Gasteiger charge is -2.11. The molecule has 0 atom stereocenters. The highest BCUT2D eigenvalue weighted by Crippen LogP contribution is 2.29. The fraction of sp³-hybridized carbons (Fsp3) is 0.182. The number of halogens is 1. The Hall–Kier alpha value is -3.83. The summed E-state index contributed by atoms with van der Waals surface area (Å²) in [4.78, 5) is 30.8. The quantitative estimate of drug-likeness (QED) is 0.442. The Morgan fingerprint density at radius 2 is 2.06 bits per heavy atom. The average Bonchev–Trinajstić information content (AvgIpc) is 2.76. The van der Waals surface area contributed by atoms with Crippen LogP contribution in [0.3, 0.4) is 0 Å². The third-order valence-corrected chi connectivity index (χ3v) is 4.43. The molecule has 0 saturated carbocycles. The van der Waals surface area contributed by atoms with Crippen LogP contribution in [0.4, 0.5) is 0 Å². The number of allylic oxidation sites excluding steroid dienone is 1. The lowest BCUT2D eigenvalue weighted by atomic mass is 10.1. The predicted octanol–water partition coefficient (Wildman–Crippen LogP) is 3.59. The molecule has 1 aromatic heterocycles. The summed E-state index contributed by atoms with van der Waals surface area (Å²) in [5.41, 5.74) is 0.778. The van der Waals surface area contributed by atoms with E-state index in [1.54, 1.807) is 43.3 Å². The number of ether oxygens (including phenoxy) is 3. The predicted molar refractivity (Wildman–Crippen MR) is 116 cm³/mol. The SMILES string of the molecule is CCOC(=O)COc1ccc(/C=C(\C#N)c2nc3ccc(Cl)cc3c(=O)[nH]2)cc1OC. The maximum atomic E-state index is 12.4. The van der Waals surface area contributed by atoms with Crippen LogP contribution in [-0.2, 0) is 9.53 Å². The van der Waals surface area contributed by atoms with Crippen LogP contribution in [0.1, 0.15) is 18.3 Å². The van der Waals surface area contributed by atoms with E-state index >= 15 is 0 Å². The van der Waals surface area contributed by atoms with Crippen LogP contribution in [0, 0.1) is 11.3 Å². The molecule has 158 valence electrons. The van der Waals surface area contributed by atoms with Crippen LogP contribution in [0.25, 0.3) is 22.6 Å². The molecule has 9 heteroatoms. The number of nitrogens with one attached hydrogen (secondary N) is 1. The number of rotatable bonds is 7. The number of hydrogen-bond donors (Lipinski definition) is 1. The van der Waals surface area contributed by atoms with E-state index in [1.807, 2.05) is 6.07 Å². The molecule has 0 radical (unpaired) electrons. The molecule has 0 bridgehead atoms. The Bertz CT molecular complexity index is 1260. The Morgan fingerprint density at radius 3 is 2.77 bits per heavy atom. The van der Waals surface area contributed by atoms with Crippen LogP contribution in [-0.4, -0.2) is 36.3 Å². The van der Waals surface area contributed by atoms with Gasteiger partial charge in [-0.05, 0) is 48.9 Å². The van der Waals surface area contributed by atoms with Gasteiger partial charge in [0.15, 0.2) is 23.9 Å². The van der Waals surface area contributed by atoms with E-state index in [4.69, 9.17) is 25.8 Å². The third-order valence-electron chi connectivity index (χ3n) is 4.19. The van der Waals surface area contributed by atoms with Gasteiger partial charge in [-0.3, -0.25) is 4.79 Å². The molecule has 0 aliphatic heterocycles. The zero-order valence-electron chi connectivity index (χ0n) is 16.8. The summed E-state index contributed by atoms with van der Waals surface area (Å²) in [7, 11) is 1.46. The zero-order chi connectivity index (χ0) is 22.4. The van der Waals surface area contributed by atoms with Gasteiger partial charge >= 0.3 is 5.97 Å². The van der Waals surface area contributed by atoms with Crippen molar-refractivity contribution in [1.82, 2.24) is 9.97 Å². The average molecular weight is 440 g/mol. The molecule has 0 amide bonds. The lowest BCUT2D eigenvalue weighted by Crippen LogP contribution is -2.14. The van der Waals surface area contributed by atoms with Crippen molar-refractivity contribution in [3.63, 3.8) is 0 Å². The first kappa shape index (κ1) is 21.9. The first-order valence-corrected chi connectivity index (χ1v) is 9.61. The van der Waals surface area contributed by atoms with Gasteiger partial charge in [0, 0.05) is 5.02 Å². The number of aromatic amines is 1. The number of aromatic nitrogens is 2. The zero-order valence-corrected chi connectivity index (χ0v) is 17.5. The highest BCUT2D eigenvalue weighted by molar-refractivity contribution is 6.31. The van der Waals surface area contributed by atoms with Crippen LogP contribution in [0.5, 0.6) is 11.5 Å². The molecule has 2 aromatic carbocycles. The number of fused-ring (bicyclic) bond motifs is 1. The van der Waals surface area contributed by atoms with E-state index < -0.39 is 11.5 Å². The Labute approximate surface area is 182 Å². The highest BCUT2D eigenvalue weighted by Gasteiger charge is 2.12. The third kappa shape index (κ3) is 5.21. The number of hydrogen-bond acceptors (Lipinski definition) is 7. The van der Waals surface area contributed by atoms with Crippen molar-refractivity contribution in [3.8, 4) is 17.6 Å². The molecular formula is C22H18ClN3O5. The fourth-order valence-electron chi connectivity index (χ4n) is 2.79. The van der Waals surface area contributed by atoms with Crippen LogP contribution >= 0.6 is 11.6 Å². The summed E-state index contributed by atoms with van der Waals surface area (Å²) in [5.74, 6) is 0.349. The Balaban J connectivity index is 1.93. The number of carbonyl (C=O) groups excluding carboxylic acids is 1. The van der Waals surface area contributed by atoms with E-state index in [0.29, 0.717) is 33.0 Å². The van der Waals surface area contributed by atoms with Gasteiger partial charge in [0.05, 0.1) is 30.2 Å². The molecule has 0 aliphatic rings.